The number of aromatic amines is 2. The highest BCUT2D eigenvalue weighted by atomic mass is 16.5. The summed E-state index contributed by atoms with van der Waals surface area (Å²) in [5.41, 5.74) is 0.552. The third-order valence-electron chi connectivity index (χ3n) is 4.13. The van der Waals surface area contributed by atoms with Crippen molar-refractivity contribution in [3.63, 3.8) is 0 Å². The molecule has 0 radical (unpaired) electrons. The minimum Gasteiger partial charge on any atom is -0.497 e. The molecule has 0 amide bonds. The molecule has 130 valence electrons. The molecule has 0 aliphatic carbocycles. The lowest BCUT2D eigenvalue weighted by molar-refractivity contribution is -0.136. The van der Waals surface area contributed by atoms with Crippen molar-refractivity contribution in [1.82, 2.24) is 9.97 Å². The summed E-state index contributed by atoms with van der Waals surface area (Å²) in [6, 6.07) is 7.00. The van der Waals surface area contributed by atoms with Gasteiger partial charge in [-0.2, -0.15) is 0 Å². The maximum Gasteiger partial charge on any atom is 0.336 e. The number of methoxy groups -OCH3 is 2. The normalized spacial score (nSPS) is 16.0. The first-order valence-electron chi connectivity index (χ1n) is 7.52. The number of allylic oxidation sites excluding steroid dienone is 1. The van der Waals surface area contributed by atoms with Crippen molar-refractivity contribution in [2.45, 2.75) is 12.8 Å². The zero-order valence-corrected chi connectivity index (χ0v) is 13.9. The molecule has 1 aliphatic heterocycles. The first kappa shape index (κ1) is 16.6. The van der Waals surface area contributed by atoms with Crippen LogP contribution in [0.3, 0.4) is 0 Å². The van der Waals surface area contributed by atoms with E-state index in [2.05, 4.69) is 15.3 Å². The lowest BCUT2D eigenvalue weighted by Crippen LogP contribution is -2.34. The van der Waals surface area contributed by atoms with Gasteiger partial charge in [0.15, 0.2) is 0 Å². The number of ether oxygens (including phenoxy) is 2. The van der Waals surface area contributed by atoms with Gasteiger partial charge in [-0.25, -0.2) is 9.59 Å². The van der Waals surface area contributed by atoms with Gasteiger partial charge in [-0.15, -0.1) is 0 Å². The van der Waals surface area contributed by atoms with Gasteiger partial charge in [0.05, 0.1) is 31.3 Å². The molecule has 8 heteroatoms. The molecule has 25 heavy (non-hydrogen) atoms. The van der Waals surface area contributed by atoms with E-state index in [1.165, 1.54) is 7.11 Å². The summed E-state index contributed by atoms with van der Waals surface area (Å²) in [6.45, 7) is 1.69. The second-order valence-electron chi connectivity index (χ2n) is 5.56. The van der Waals surface area contributed by atoms with E-state index in [0.29, 0.717) is 22.6 Å². The Bertz CT molecular complexity index is 969. The fourth-order valence-corrected chi connectivity index (χ4v) is 3.00. The Hall–Kier alpha value is -3.29. The smallest absolute Gasteiger partial charge is 0.336 e. The molecule has 0 spiro atoms. The predicted molar refractivity (Wildman–Crippen MR) is 90.9 cm³/mol. The molecule has 1 aromatic carbocycles. The van der Waals surface area contributed by atoms with Crippen LogP contribution in [0.2, 0.25) is 0 Å². The highest BCUT2D eigenvalue weighted by Crippen LogP contribution is 2.39. The van der Waals surface area contributed by atoms with E-state index < -0.39 is 23.1 Å². The van der Waals surface area contributed by atoms with Crippen LogP contribution in [0, 0.1) is 0 Å². The Labute approximate surface area is 142 Å². The molecule has 0 bridgehead atoms. The number of carbonyl (C=O) groups excluding carboxylic acids is 1. The van der Waals surface area contributed by atoms with E-state index in [0.717, 1.165) is 0 Å². The van der Waals surface area contributed by atoms with Gasteiger partial charge in [-0.3, -0.25) is 14.8 Å². The zero-order valence-electron chi connectivity index (χ0n) is 13.9. The van der Waals surface area contributed by atoms with Gasteiger partial charge in [0.2, 0.25) is 0 Å². The molecule has 8 nitrogen and oxygen atoms in total. The molecular formula is C17H17N3O5. The fourth-order valence-electron chi connectivity index (χ4n) is 3.00. The summed E-state index contributed by atoms with van der Waals surface area (Å²) in [5.74, 6) is -0.328. The molecule has 3 N–H and O–H groups in total. The van der Waals surface area contributed by atoms with Crippen LogP contribution in [0.25, 0.3) is 0 Å². The minimum atomic E-state index is -0.685. The van der Waals surface area contributed by atoms with Crippen LogP contribution >= 0.6 is 0 Å². The number of carbonyl (C=O) groups is 1. The van der Waals surface area contributed by atoms with Gasteiger partial charge in [-0.05, 0) is 24.6 Å². The molecule has 0 saturated carbocycles. The van der Waals surface area contributed by atoms with Crippen LogP contribution in [-0.4, -0.2) is 30.2 Å². The molecule has 3 rings (SSSR count). The number of anilines is 1. The monoisotopic (exact) mass is 343 g/mol. The number of esters is 1. The van der Waals surface area contributed by atoms with Gasteiger partial charge >= 0.3 is 11.7 Å². The van der Waals surface area contributed by atoms with Crippen LogP contribution in [0.1, 0.15) is 24.0 Å². The lowest BCUT2D eigenvalue weighted by atomic mass is 9.82. The van der Waals surface area contributed by atoms with Crippen LogP contribution in [-0.2, 0) is 9.53 Å². The van der Waals surface area contributed by atoms with E-state index in [9.17, 15) is 14.4 Å². The van der Waals surface area contributed by atoms with Gasteiger partial charge < -0.3 is 14.8 Å². The number of rotatable bonds is 3. The number of fused-ring (bicyclic) bond motifs is 1. The summed E-state index contributed by atoms with van der Waals surface area (Å²) in [5, 5.41) is 2.91. The number of H-pyrrole nitrogens is 2. The van der Waals surface area contributed by atoms with Gasteiger partial charge in [0.25, 0.3) is 5.56 Å². The molecule has 1 unspecified atom stereocenters. The molecule has 2 heterocycles. The first-order valence-corrected chi connectivity index (χ1v) is 7.52. The van der Waals surface area contributed by atoms with Crippen molar-refractivity contribution in [1.29, 1.82) is 0 Å². The third kappa shape index (κ3) is 2.82. The van der Waals surface area contributed by atoms with E-state index in [4.69, 9.17) is 9.47 Å². The summed E-state index contributed by atoms with van der Waals surface area (Å²) in [6.07, 6.45) is 0. The molecule has 1 aliphatic rings. The van der Waals surface area contributed by atoms with Crippen molar-refractivity contribution in [3.05, 3.63) is 67.5 Å². The highest BCUT2D eigenvalue weighted by molar-refractivity contribution is 5.94. The number of aromatic nitrogens is 2. The van der Waals surface area contributed by atoms with Gasteiger partial charge in [0, 0.05) is 5.70 Å². The summed E-state index contributed by atoms with van der Waals surface area (Å²) < 4.78 is 10.0. The van der Waals surface area contributed by atoms with Crippen molar-refractivity contribution < 1.29 is 14.3 Å². The second kappa shape index (κ2) is 6.31. The minimum absolute atomic E-state index is 0.246. The Morgan fingerprint density at radius 2 is 1.76 bits per heavy atom. The highest BCUT2D eigenvalue weighted by Gasteiger charge is 2.35. The number of benzene rings is 1. The van der Waals surface area contributed by atoms with E-state index in [-0.39, 0.29) is 11.4 Å². The fraction of sp³-hybridized carbons (Fsp3) is 0.235. The predicted octanol–water partition coefficient (Wildman–Crippen LogP) is 1.08. The van der Waals surface area contributed by atoms with Crippen LogP contribution in [0.15, 0.2) is 45.1 Å². The summed E-state index contributed by atoms with van der Waals surface area (Å²) in [4.78, 5) is 41.1. The summed E-state index contributed by atoms with van der Waals surface area (Å²) in [7, 11) is 2.83. The largest absolute Gasteiger partial charge is 0.497 e. The molecule has 0 fully saturated rings. The Morgan fingerprint density at radius 1 is 1.08 bits per heavy atom. The third-order valence-corrected chi connectivity index (χ3v) is 4.13. The van der Waals surface area contributed by atoms with Gasteiger partial charge in [0.1, 0.15) is 11.6 Å². The van der Waals surface area contributed by atoms with Crippen LogP contribution in [0.5, 0.6) is 5.75 Å². The number of hydrogen-bond donors (Lipinski definition) is 3. The number of nitrogens with one attached hydrogen (secondary N) is 3. The quantitative estimate of drug-likeness (QED) is 0.719. The Balaban J connectivity index is 2.28. The maximum atomic E-state index is 12.4. The van der Waals surface area contributed by atoms with Crippen molar-refractivity contribution in [2.24, 2.45) is 0 Å². The van der Waals surface area contributed by atoms with Crippen molar-refractivity contribution >= 4 is 11.8 Å². The van der Waals surface area contributed by atoms with Crippen LogP contribution in [0.4, 0.5) is 5.82 Å². The Morgan fingerprint density at radius 3 is 2.36 bits per heavy atom. The lowest BCUT2D eigenvalue weighted by Gasteiger charge is -2.28. The average Bonchev–Trinajstić information content (AvgIpc) is 2.59. The molecule has 0 saturated heterocycles. The number of hydrogen-bond acceptors (Lipinski definition) is 6. The molecule has 1 aromatic heterocycles. The van der Waals surface area contributed by atoms with E-state index in [1.807, 2.05) is 0 Å². The standard InChI is InChI=1S/C17H17N3O5/c1-8-11(16(22)25-3)12(9-4-6-10(24-2)7-5-9)13-14(18-8)19-17(23)20-15(13)21/h4-7,12H,1-3H3,(H3,18,19,20,21,23). The van der Waals surface area contributed by atoms with Gasteiger partial charge in [-0.1, -0.05) is 12.1 Å². The molecule has 2 aromatic rings. The topological polar surface area (TPSA) is 113 Å². The second-order valence-corrected chi connectivity index (χ2v) is 5.56. The first-order chi connectivity index (χ1) is 12.0. The van der Waals surface area contributed by atoms with Crippen molar-refractivity contribution in [2.75, 3.05) is 19.5 Å². The molecular weight excluding hydrogens is 326 g/mol. The summed E-state index contributed by atoms with van der Waals surface area (Å²) >= 11 is 0. The SMILES string of the molecule is COC(=O)C1=C(C)Nc2[nH]c(=O)[nH]c(=O)c2C1c1ccc(OC)cc1. The average molecular weight is 343 g/mol. The van der Waals surface area contributed by atoms with Crippen molar-refractivity contribution in [3.8, 4) is 5.75 Å². The maximum absolute atomic E-state index is 12.4. The van der Waals surface area contributed by atoms with E-state index in [1.54, 1.807) is 38.3 Å². The zero-order chi connectivity index (χ0) is 18.1. The van der Waals surface area contributed by atoms with E-state index >= 15 is 0 Å². The molecule has 1 atom stereocenters. The Kier molecular flexibility index (Phi) is 4.18. The van der Waals surface area contributed by atoms with Crippen LogP contribution < -0.4 is 21.3 Å².